The zero-order chi connectivity index (χ0) is 9.84. The van der Waals surface area contributed by atoms with Gasteiger partial charge in [-0.3, -0.25) is 0 Å². The first kappa shape index (κ1) is 10.5. The minimum absolute atomic E-state index is 0.180. The van der Waals surface area contributed by atoms with Crippen molar-refractivity contribution in [3.05, 3.63) is 0 Å². The predicted octanol–water partition coefficient (Wildman–Crippen LogP) is 0.339. The van der Waals surface area contributed by atoms with Crippen molar-refractivity contribution in [1.82, 2.24) is 0 Å². The summed E-state index contributed by atoms with van der Waals surface area (Å²) in [7, 11) is 0. The molecule has 4 heteroatoms. The van der Waals surface area contributed by atoms with Crippen molar-refractivity contribution in [2.45, 2.75) is 44.2 Å². The van der Waals surface area contributed by atoms with E-state index in [2.05, 4.69) is 0 Å². The number of carboxylic acids is 1. The fourth-order valence-electron chi connectivity index (χ4n) is 1.94. The van der Waals surface area contributed by atoms with Crippen LogP contribution in [-0.4, -0.2) is 28.3 Å². The van der Waals surface area contributed by atoms with E-state index in [1.807, 2.05) is 0 Å². The second-order valence-electron chi connectivity index (χ2n) is 3.76. The number of rotatable bonds is 3. The Morgan fingerprint density at radius 1 is 1.31 bits per heavy atom. The topological polar surface area (TPSA) is 83.5 Å². The van der Waals surface area contributed by atoms with Crippen LogP contribution < -0.4 is 5.73 Å². The van der Waals surface area contributed by atoms with Crippen LogP contribution in [0.25, 0.3) is 0 Å². The maximum absolute atomic E-state index is 10.5. The molecule has 0 unspecified atom stereocenters. The van der Waals surface area contributed by atoms with E-state index >= 15 is 0 Å². The Hall–Kier alpha value is -0.610. The van der Waals surface area contributed by atoms with Crippen LogP contribution in [0.1, 0.15) is 32.1 Å². The van der Waals surface area contributed by atoms with E-state index in [4.69, 9.17) is 10.8 Å². The molecule has 0 aromatic carbocycles. The fraction of sp³-hybridized carbons (Fsp3) is 0.889. The van der Waals surface area contributed by atoms with E-state index < -0.39 is 18.1 Å². The summed E-state index contributed by atoms with van der Waals surface area (Å²) in [5, 5.41) is 17.8. The molecule has 1 aliphatic carbocycles. The number of hydrogen-bond donors (Lipinski definition) is 3. The van der Waals surface area contributed by atoms with Crippen LogP contribution in [0.2, 0.25) is 0 Å². The first-order valence-electron chi connectivity index (χ1n) is 4.79. The standard InChI is InChI=1S/C9H17NO3/c10-7(8(11)9(12)13)6-4-2-1-3-5-6/h6-8,11H,1-5,10H2,(H,12,13)/t7-,8+/m0/s1. The Morgan fingerprint density at radius 2 is 1.85 bits per heavy atom. The first-order valence-corrected chi connectivity index (χ1v) is 4.79. The molecule has 0 heterocycles. The minimum Gasteiger partial charge on any atom is -0.479 e. The summed E-state index contributed by atoms with van der Waals surface area (Å²) in [6.07, 6.45) is 3.90. The summed E-state index contributed by atoms with van der Waals surface area (Å²) >= 11 is 0. The summed E-state index contributed by atoms with van der Waals surface area (Å²) in [5.74, 6) is -1.03. The number of aliphatic carboxylic acids is 1. The molecule has 1 rings (SSSR count). The van der Waals surface area contributed by atoms with E-state index in [1.54, 1.807) is 0 Å². The van der Waals surface area contributed by atoms with Gasteiger partial charge in [0.15, 0.2) is 6.10 Å². The molecular formula is C9H17NO3. The molecule has 0 spiro atoms. The first-order chi connectivity index (χ1) is 6.13. The van der Waals surface area contributed by atoms with Crippen LogP contribution in [0, 0.1) is 5.92 Å². The lowest BCUT2D eigenvalue weighted by molar-refractivity contribution is -0.148. The molecule has 76 valence electrons. The number of aliphatic hydroxyl groups is 1. The van der Waals surface area contributed by atoms with Crippen molar-refractivity contribution in [2.24, 2.45) is 11.7 Å². The van der Waals surface area contributed by atoms with Gasteiger partial charge in [-0.25, -0.2) is 4.79 Å². The van der Waals surface area contributed by atoms with Crippen molar-refractivity contribution >= 4 is 5.97 Å². The molecule has 0 radical (unpaired) electrons. The summed E-state index contributed by atoms with van der Waals surface area (Å²) < 4.78 is 0. The molecule has 1 saturated carbocycles. The average molecular weight is 187 g/mol. The van der Waals surface area contributed by atoms with Gasteiger partial charge in [-0.15, -0.1) is 0 Å². The third-order valence-corrected chi connectivity index (χ3v) is 2.81. The van der Waals surface area contributed by atoms with Gasteiger partial charge in [-0.1, -0.05) is 19.3 Å². The molecule has 0 amide bonds. The number of carboxylic acid groups (broad SMARTS) is 1. The molecule has 0 aromatic heterocycles. The third kappa shape index (κ3) is 2.67. The van der Waals surface area contributed by atoms with Crippen molar-refractivity contribution in [2.75, 3.05) is 0 Å². The summed E-state index contributed by atoms with van der Waals surface area (Å²) in [6, 6.07) is -0.599. The monoisotopic (exact) mass is 187 g/mol. The van der Waals surface area contributed by atoms with Crippen molar-refractivity contribution in [3.63, 3.8) is 0 Å². The fourth-order valence-corrected chi connectivity index (χ4v) is 1.94. The highest BCUT2D eigenvalue weighted by molar-refractivity contribution is 5.72. The molecule has 0 aliphatic heterocycles. The Morgan fingerprint density at radius 3 is 2.31 bits per heavy atom. The Bertz CT molecular complexity index is 178. The molecular weight excluding hydrogens is 170 g/mol. The van der Waals surface area contributed by atoms with E-state index in [-0.39, 0.29) is 5.92 Å². The van der Waals surface area contributed by atoms with Crippen LogP contribution in [0.15, 0.2) is 0 Å². The summed E-state index contributed by atoms with van der Waals surface area (Å²) in [5.41, 5.74) is 5.66. The molecule has 4 N–H and O–H groups in total. The normalized spacial score (nSPS) is 23.8. The largest absolute Gasteiger partial charge is 0.479 e. The predicted molar refractivity (Wildman–Crippen MR) is 48.2 cm³/mol. The van der Waals surface area contributed by atoms with Crippen LogP contribution in [0.4, 0.5) is 0 Å². The minimum atomic E-state index is -1.40. The van der Waals surface area contributed by atoms with Gasteiger partial charge in [-0.2, -0.15) is 0 Å². The molecule has 4 nitrogen and oxygen atoms in total. The second kappa shape index (κ2) is 4.58. The van der Waals surface area contributed by atoms with Gasteiger partial charge < -0.3 is 15.9 Å². The van der Waals surface area contributed by atoms with Crippen LogP contribution in [0.3, 0.4) is 0 Å². The van der Waals surface area contributed by atoms with Crippen molar-refractivity contribution < 1.29 is 15.0 Å². The maximum Gasteiger partial charge on any atom is 0.334 e. The van der Waals surface area contributed by atoms with E-state index in [0.29, 0.717) is 0 Å². The number of aliphatic hydroxyl groups excluding tert-OH is 1. The summed E-state index contributed by atoms with van der Waals surface area (Å²) in [4.78, 5) is 10.5. The molecule has 0 aromatic rings. The third-order valence-electron chi connectivity index (χ3n) is 2.81. The lowest BCUT2D eigenvalue weighted by atomic mass is 9.82. The average Bonchev–Trinajstić information content (AvgIpc) is 2.17. The second-order valence-corrected chi connectivity index (χ2v) is 3.76. The Balaban J connectivity index is 2.44. The highest BCUT2D eigenvalue weighted by Crippen LogP contribution is 2.26. The smallest absolute Gasteiger partial charge is 0.334 e. The number of nitrogens with two attached hydrogens (primary N) is 1. The van der Waals surface area contributed by atoms with Gasteiger partial charge in [0.1, 0.15) is 0 Å². The lowest BCUT2D eigenvalue weighted by Gasteiger charge is -2.28. The molecule has 13 heavy (non-hydrogen) atoms. The number of carbonyl (C=O) groups is 1. The zero-order valence-electron chi connectivity index (χ0n) is 7.65. The number of hydrogen-bond acceptors (Lipinski definition) is 3. The van der Waals surface area contributed by atoms with Gasteiger partial charge in [0.2, 0.25) is 0 Å². The van der Waals surface area contributed by atoms with E-state index in [1.165, 1.54) is 6.42 Å². The van der Waals surface area contributed by atoms with Gasteiger partial charge in [0.05, 0.1) is 0 Å². The van der Waals surface area contributed by atoms with E-state index in [0.717, 1.165) is 25.7 Å². The van der Waals surface area contributed by atoms with E-state index in [9.17, 15) is 9.90 Å². The van der Waals surface area contributed by atoms with Crippen LogP contribution in [-0.2, 0) is 4.79 Å². The van der Waals surface area contributed by atoms with Gasteiger partial charge >= 0.3 is 5.97 Å². The SMILES string of the molecule is N[C@@H](C1CCCCC1)[C@@H](O)C(=O)O. The Labute approximate surface area is 77.7 Å². The molecule has 2 atom stereocenters. The molecule has 1 aliphatic rings. The zero-order valence-corrected chi connectivity index (χ0v) is 7.65. The molecule has 0 bridgehead atoms. The van der Waals surface area contributed by atoms with Crippen LogP contribution in [0.5, 0.6) is 0 Å². The van der Waals surface area contributed by atoms with Gasteiger partial charge in [-0.05, 0) is 18.8 Å². The lowest BCUT2D eigenvalue weighted by Crippen LogP contribution is -2.46. The summed E-state index contributed by atoms with van der Waals surface area (Å²) in [6.45, 7) is 0. The maximum atomic E-state index is 10.5. The molecule has 0 saturated heterocycles. The van der Waals surface area contributed by atoms with Crippen molar-refractivity contribution in [1.29, 1.82) is 0 Å². The Kier molecular flexibility index (Phi) is 3.69. The van der Waals surface area contributed by atoms with Gasteiger partial charge in [0.25, 0.3) is 0 Å². The molecule has 1 fully saturated rings. The van der Waals surface area contributed by atoms with Crippen LogP contribution >= 0.6 is 0 Å². The highest BCUT2D eigenvalue weighted by atomic mass is 16.4. The van der Waals surface area contributed by atoms with Gasteiger partial charge in [0, 0.05) is 6.04 Å². The quantitative estimate of drug-likeness (QED) is 0.595. The highest BCUT2D eigenvalue weighted by Gasteiger charge is 2.30. The van der Waals surface area contributed by atoms with Crippen molar-refractivity contribution in [3.8, 4) is 0 Å².